The molecule has 6 nitrogen and oxygen atoms in total. The van der Waals surface area contributed by atoms with Crippen LogP contribution in [0, 0.1) is 0 Å². The van der Waals surface area contributed by atoms with Gasteiger partial charge in [-0.15, -0.1) is 24.8 Å². The van der Waals surface area contributed by atoms with E-state index in [0.717, 1.165) is 43.8 Å². The molecule has 158 valence electrons. The smallest absolute Gasteiger partial charge is 0.258 e. The predicted octanol–water partition coefficient (Wildman–Crippen LogP) is 4.03. The maximum atomic E-state index is 13.4. The number of halogens is 2. The average molecular weight is 439 g/mol. The van der Waals surface area contributed by atoms with E-state index in [9.17, 15) is 4.79 Å². The standard InChI is InChI=1S/C21H26N4O2.2ClH/c1-2-27-18-9-5-15(6-10-18)24-20-19(4-3-12-23-20)21(26)25-16-7-8-17(25)14-22-13-11-16;;/h3-6,9-10,12,16-17,22H,2,7-8,11,13-14H2,1H3,(H,23,24);2*1H. The van der Waals surface area contributed by atoms with Crippen LogP contribution in [0.3, 0.4) is 0 Å². The van der Waals surface area contributed by atoms with Crippen LogP contribution in [-0.4, -0.2) is 47.6 Å². The van der Waals surface area contributed by atoms with Crippen LogP contribution in [0.2, 0.25) is 0 Å². The minimum Gasteiger partial charge on any atom is -0.494 e. The van der Waals surface area contributed by atoms with Crippen LogP contribution in [0.25, 0.3) is 0 Å². The van der Waals surface area contributed by atoms with E-state index in [2.05, 4.69) is 20.5 Å². The molecule has 2 aromatic rings. The number of rotatable bonds is 5. The summed E-state index contributed by atoms with van der Waals surface area (Å²) in [5.74, 6) is 1.50. The number of hydrogen-bond donors (Lipinski definition) is 2. The fraction of sp³-hybridized carbons (Fsp3) is 0.429. The van der Waals surface area contributed by atoms with Crippen molar-refractivity contribution in [1.82, 2.24) is 15.2 Å². The number of benzene rings is 1. The fourth-order valence-corrected chi connectivity index (χ4v) is 4.07. The first-order chi connectivity index (χ1) is 13.3. The van der Waals surface area contributed by atoms with Crippen LogP contribution in [0.4, 0.5) is 11.5 Å². The lowest BCUT2D eigenvalue weighted by Gasteiger charge is -2.28. The van der Waals surface area contributed by atoms with E-state index in [1.54, 1.807) is 6.20 Å². The maximum absolute atomic E-state index is 13.4. The second kappa shape index (κ2) is 10.7. The van der Waals surface area contributed by atoms with Crippen molar-refractivity contribution < 1.29 is 9.53 Å². The second-order valence-electron chi connectivity index (χ2n) is 7.07. The molecule has 2 aliphatic heterocycles. The highest BCUT2D eigenvalue weighted by atomic mass is 35.5. The molecule has 2 bridgehead atoms. The Hall–Kier alpha value is -2.02. The van der Waals surface area contributed by atoms with Crippen LogP contribution in [-0.2, 0) is 0 Å². The number of nitrogens with zero attached hydrogens (tertiary/aromatic N) is 2. The largest absolute Gasteiger partial charge is 0.494 e. The predicted molar refractivity (Wildman–Crippen MR) is 120 cm³/mol. The van der Waals surface area contributed by atoms with Gasteiger partial charge < -0.3 is 20.3 Å². The van der Waals surface area contributed by atoms with E-state index in [-0.39, 0.29) is 36.8 Å². The number of carbonyl (C=O) groups is 1. The number of hydrogen-bond acceptors (Lipinski definition) is 5. The third-order valence-corrected chi connectivity index (χ3v) is 5.35. The van der Waals surface area contributed by atoms with Crippen molar-refractivity contribution in [2.45, 2.75) is 38.3 Å². The number of aromatic nitrogens is 1. The van der Waals surface area contributed by atoms with Gasteiger partial charge in [0.1, 0.15) is 11.6 Å². The maximum Gasteiger partial charge on any atom is 0.258 e. The Morgan fingerprint density at radius 2 is 1.93 bits per heavy atom. The monoisotopic (exact) mass is 438 g/mol. The van der Waals surface area contributed by atoms with Crippen molar-refractivity contribution in [3.05, 3.63) is 48.2 Å². The van der Waals surface area contributed by atoms with Crippen molar-refractivity contribution in [2.75, 3.05) is 25.0 Å². The van der Waals surface area contributed by atoms with Crippen molar-refractivity contribution in [3.63, 3.8) is 0 Å². The Labute approximate surface area is 184 Å². The first-order valence-corrected chi connectivity index (χ1v) is 9.74. The van der Waals surface area contributed by atoms with Crippen molar-refractivity contribution in [2.24, 2.45) is 0 Å². The Morgan fingerprint density at radius 1 is 1.17 bits per heavy atom. The average Bonchev–Trinajstić information content (AvgIpc) is 2.96. The first-order valence-electron chi connectivity index (χ1n) is 9.74. The number of anilines is 2. The molecule has 1 aromatic carbocycles. The van der Waals surface area contributed by atoms with Gasteiger partial charge in [0.05, 0.1) is 12.2 Å². The van der Waals surface area contributed by atoms with Crippen molar-refractivity contribution in [3.8, 4) is 5.75 Å². The van der Waals surface area contributed by atoms with Gasteiger partial charge in [0.15, 0.2) is 0 Å². The Morgan fingerprint density at radius 3 is 2.69 bits per heavy atom. The summed E-state index contributed by atoms with van der Waals surface area (Å²) in [5.41, 5.74) is 1.51. The molecular formula is C21H28Cl2N4O2. The van der Waals surface area contributed by atoms with Gasteiger partial charge in [-0.05, 0) is 69.1 Å². The van der Waals surface area contributed by atoms with E-state index in [0.29, 0.717) is 24.0 Å². The molecule has 2 unspecified atom stereocenters. The number of nitrogens with one attached hydrogen (secondary N) is 2. The lowest BCUT2D eigenvalue weighted by molar-refractivity contribution is 0.0681. The lowest BCUT2D eigenvalue weighted by atomic mass is 10.1. The molecule has 2 atom stereocenters. The third-order valence-electron chi connectivity index (χ3n) is 5.35. The summed E-state index contributed by atoms with van der Waals surface area (Å²) < 4.78 is 5.48. The molecule has 0 spiro atoms. The summed E-state index contributed by atoms with van der Waals surface area (Å²) in [5, 5.41) is 6.75. The van der Waals surface area contributed by atoms with Gasteiger partial charge in [0.2, 0.25) is 0 Å². The topological polar surface area (TPSA) is 66.5 Å². The van der Waals surface area contributed by atoms with E-state index >= 15 is 0 Å². The molecule has 2 aliphatic rings. The molecule has 2 N–H and O–H groups in total. The highest BCUT2D eigenvalue weighted by Gasteiger charge is 2.39. The molecular weight excluding hydrogens is 411 g/mol. The molecule has 8 heteroatoms. The summed E-state index contributed by atoms with van der Waals surface area (Å²) in [7, 11) is 0. The molecule has 0 saturated carbocycles. The summed E-state index contributed by atoms with van der Waals surface area (Å²) in [6, 6.07) is 12.0. The van der Waals surface area contributed by atoms with Crippen molar-refractivity contribution in [1.29, 1.82) is 0 Å². The van der Waals surface area contributed by atoms with Gasteiger partial charge in [-0.1, -0.05) is 0 Å². The molecule has 29 heavy (non-hydrogen) atoms. The number of ether oxygens (including phenoxy) is 1. The summed E-state index contributed by atoms with van der Waals surface area (Å²) in [4.78, 5) is 19.9. The Balaban J connectivity index is 0.00000150. The minimum atomic E-state index is 0. The zero-order valence-electron chi connectivity index (χ0n) is 16.5. The van der Waals surface area contributed by atoms with E-state index in [1.807, 2.05) is 43.3 Å². The summed E-state index contributed by atoms with van der Waals surface area (Å²) in [6.07, 6.45) is 4.90. The highest BCUT2D eigenvalue weighted by Crippen LogP contribution is 2.31. The van der Waals surface area contributed by atoms with E-state index in [1.165, 1.54) is 0 Å². The molecule has 4 rings (SSSR count). The molecule has 0 aliphatic carbocycles. The van der Waals surface area contributed by atoms with Crippen LogP contribution >= 0.6 is 24.8 Å². The summed E-state index contributed by atoms with van der Waals surface area (Å²) in [6.45, 7) is 4.46. The van der Waals surface area contributed by atoms with Gasteiger partial charge in [-0.2, -0.15) is 0 Å². The number of pyridine rings is 1. The molecule has 2 saturated heterocycles. The van der Waals surface area contributed by atoms with Gasteiger partial charge in [-0.25, -0.2) is 4.98 Å². The highest BCUT2D eigenvalue weighted by molar-refractivity contribution is 6.00. The second-order valence-corrected chi connectivity index (χ2v) is 7.07. The van der Waals surface area contributed by atoms with Gasteiger partial charge in [-0.3, -0.25) is 4.79 Å². The molecule has 3 heterocycles. The first kappa shape index (κ1) is 23.3. The quantitative estimate of drug-likeness (QED) is 0.737. The SMILES string of the molecule is CCOc1ccc(Nc2ncccc2C(=O)N2C3CCNCC2CC3)cc1.Cl.Cl. The summed E-state index contributed by atoms with van der Waals surface area (Å²) >= 11 is 0. The fourth-order valence-electron chi connectivity index (χ4n) is 4.07. The molecule has 1 aromatic heterocycles. The van der Waals surface area contributed by atoms with E-state index in [4.69, 9.17) is 4.74 Å². The minimum absolute atomic E-state index is 0. The van der Waals surface area contributed by atoms with Crippen molar-refractivity contribution >= 4 is 42.2 Å². The third kappa shape index (κ3) is 5.13. The Bertz CT molecular complexity index is 790. The van der Waals surface area contributed by atoms with Crippen LogP contribution in [0.15, 0.2) is 42.6 Å². The molecule has 2 fully saturated rings. The Kier molecular flexibility index (Phi) is 8.56. The van der Waals surface area contributed by atoms with Gasteiger partial charge in [0.25, 0.3) is 5.91 Å². The van der Waals surface area contributed by atoms with Crippen LogP contribution in [0.5, 0.6) is 5.75 Å². The molecule has 1 amide bonds. The number of fused-ring (bicyclic) bond motifs is 2. The van der Waals surface area contributed by atoms with Gasteiger partial charge in [0, 0.05) is 30.5 Å². The number of amides is 1. The van der Waals surface area contributed by atoms with Crippen LogP contribution < -0.4 is 15.4 Å². The number of carbonyl (C=O) groups excluding carboxylic acids is 1. The normalized spacial score (nSPS) is 20.1. The molecule has 0 radical (unpaired) electrons. The van der Waals surface area contributed by atoms with Crippen LogP contribution in [0.1, 0.15) is 36.5 Å². The zero-order valence-corrected chi connectivity index (χ0v) is 18.1. The van der Waals surface area contributed by atoms with Gasteiger partial charge >= 0.3 is 0 Å². The van der Waals surface area contributed by atoms with E-state index < -0.39 is 0 Å². The zero-order chi connectivity index (χ0) is 18.6. The lowest BCUT2D eigenvalue weighted by Crippen LogP contribution is -2.42.